The number of carbonyl (C=O) groups excluding carboxylic acids is 1. The number of hydrogen-bond donors (Lipinski definition) is 2. The number of carbonyl (C=O) groups is 1. The Balaban J connectivity index is 1.53. The summed E-state index contributed by atoms with van der Waals surface area (Å²) in [5, 5.41) is 13.1. The summed E-state index contributed by atoms with van der Waals surface area (Å²) in [7, 11) is 0. The van der Waals surface area contributed by atoms with Gasteiger partial charge in [-0.25, -0.2) is 4.98 Å². The molecule has 2 atom stereocenters. The molecule has 2 N–H and O–H groups in total. The van der Waals surface area contributed by atoms with Crippen LogP contribution >= 0.6 is 0 Å². The van der Waals surface area contributed by atoms with E-state index in [-0.39, 0.29) is 12.0 Å². The van der Waals surface area contributed by atoms with Crippen molar-refractivity contribution in [2.75, 3.05) is 25.0 Å². The van der Waals surface area contributed by atoms with E-state index < -0.39 is 0 Å². The molecule has 1 aliphatic carbocycles. The molecule has 0 bridgehead atoms. The normalized spacial score (nSPS) is 25.6. The fourth-order valence-corrected chi connectivity index (χ4v) is 3.51. The number of likely N-dealkylation sites (tertiary alicyclic amines) is 1. The van der Waals surface area contributed by atoms with Crippen LogP contribution < -0.4 is 5.32 Å². The summed E-state index contributed by atoms with van der Waals surface area (Å²) in [6, 6.07) is 3.71. The Morgan fingerprint density at radius 1 is 1.30 bits per heavy atom. The molecule has 2 heterocycles. The van der Waals surface area contributed by atoms with Crippen molar-refractivity contribution in [3.63, 3.8) is 0 Å². The van der Waals surface area contributed by atoms with Crippen molar-refractivity contribution in [1.82, 2.24) is 9.88 Å². The standard InChI is InChI=1S/C18H27N3O2/c1-13-7-9-21(10-8-13)18(23)15-5-6-17(20-12-15)19-11-14-3-2-4-16(14)22/h5-6,12-14,16,22H,2-4,7-11H2,1H3,(H,19,20)/t14-,16+/m1/s1. The Hall–Kier alpha value is -1.62. The Bertz CT molecular complexity index is 524. The minimum atomic E-state index is -0.190. The third-order valence-electron chi connectivity index (χ3n) is 5.25. The van der Waals surface area contributed by atoms with Gasteiger partial charge in [0, 0.05) is 31.7 Å². The van der Waals surface area contributed by atoms with Crippen molar-refractivity contribution in [3.8, 4) is 0 Å². The van der Waals surface area contributed by atoms with Gasteiger partial charge in [0.25, 0.3) is 5.91 Å². The van der Waals surface area contributed by atoms with Gasteiger partial charge in [0.2, 0.25) is 0 Å². The maximum Gasteiger partial charge on any atom is 0.255 e. The number of aromatic nitrogens is 1. The molecule has 126 valence electrons. The van der Waals surface area contributed by atoms with E-state index in [0.717, 1.165) is 63.5 Å². The van der Waals surface area contributed by atoms with Crippen LogP contribution in [0, 0.1) is 11.8 Å². The second-order valence-electron chi connectivity index (χ2n) is 7.05. The molecule has 1 aliphatic heterocycles. The number of hydrogen-bond acceptors (Lipinski definition) is 4. The molecule has 1 saturated carbocycles. The molecule has 5 heteroatoms. The molecule has 3 rings (SSSR count). The third-order valence-corrected chi connectivity index (χ3v) is 5.25. The van der Waals surface area contributed by atoms with E-state index in [1.165, 1.54) is 0 Å². The molecule has 0 radical (unpaired) electrons. The quantitative estimate of drug-likeness (QED) is 0.895. The Labute approximate surface area is 138 Å². The number of nitrogens with zero attached hydrogens (tertiary/aromatic N) is 2. The van der Waals surface area contributed by atoms with Gasteiger partial charge >= 0.3 is 0 Å². The maximum atomic E-state index is 12.5. The average molecular weight is 317 g/mol. The zero-order valence-electron chi connectivity index (χ0n) is 13.9. The molecule has 0 aromatic carbocycles. The Morgan fingerprint density at radius 3 is 2.70 bits per heavy atom. The summed E-state index contributed by atoms with van der Waals surface area (Å²) < 4.78 is 0. The van der Waals surface area contributed by atoms with Gasteiger partial charge in [0.05, 0.1) is 11.7 Å². The van der Waals surface area contributed by atoms with Crippen molar-refractivity contribution in [1.29, 1.82) is 0 Å². The molecule has 0 spiro atoms. The monoisotopic (exact) mass is 317 g/mol. The van der Waals surface area contributed by atoms with Crippen molar-refractivity contribution in [3.05, 3.63) is 23.9 Å². The van der Waals surface area contributed by atoms with Gasteiger partial charge < -0.3 is 15.3 Å². The SMILES string of the molecule is CC1CCN(C(=O)c2ccc(NC[C@H]3CCC[C@@H]3O)nc2)CC1. The first-order valence-corrected chi connectivity index (χ1v) is 8.81. The highest BCUT2D eigenvalue weighted by atomic mass is 16.3. The van der Waals surface area contributed by atoms with Crippen LogP contribution in [0.1, 0.15) is 49.4 Å². The first kappa shape index (κ1) is 16.2. The zero-order chi connectivity index (χ0) is 16.2. The van der Waals surface area contributed by atoms with Crippen molar-refractivity contribution in [2.24, 2.45) is 11.8 Å². The lowest BCUT2D eigenvalue weighted by atomic mass is 9.99. The lowest BCUT2D eigenvalue weighted by molar-refractivity contribution is 0.0697. The fourth-order valence-electron chi connectivity index (χ4n) is 3.51. The van der Waals surface area contributed by atoms with Crippen LogP contribution in [-0.4, -0.2) is 46.6 Å². The third kappa shape index (κ3) is 4.02. The van der Waals surface area contributed by atoms with Crippen LogP contribution in [0.3, 0.4) is 0 Å². The number of aliphatic hydroxyl groups excluding tert-OH is 1. The minimum Gasteiger partial charge on any atom is -0.393 e. The molecule has 5 nitrogen and oxygen atoms in total. The van der Waals surface area contributed by atoms with Crippen LogP contribution in [0.4, 0.5) is 5.82 Å². The highest BCUT2D eigenvalue weighted by molar-refractivity contribution is 5.94. The summed E-state index contributed by atoms with van der Waals surface area (Å²) in [6.45, 7) is 4.68. The van der Waals surface area contributed by atoms with Gasteiger partial charge in [-0.1, -0.05) is 13.3 Å². The Kier molecular flexibility index (Phi) is 5.16. The summed E-state index contributed by atoms with van der Waals surface area (Å²) in [5.41, 5.74) is 0.658. The molecular formula is C18H27N3O2. The van der Waals surface area contributed by atoms with Crippen LogP contribution in [0.5, 0.6) is 0 Å². The van der Waals surface area contributed by atoms with Crippen LogP contribution in [0.15, 0.2) is 18.3 Å². The number of pyridine rings is 1. The van der Waals surface area contributed by atoms with Gasteiger partial charge in [-0.3, -0.25) is 4.79 Å². The molecule has 1 aromatic heterocycles. The summed E-state index contributed by atoms with van der Waals surface area (Å²) >= 11 is 0. The van der Waals surface area contributed by atoms with Crippen molar-refractivity contribution < 1.29 is 9.90 Å². The molecule has 1 amide bonds. The van der Waals surface area contributed by atoms with Gasteiger partial charge in [0.1, 0.15) is 5.82 Å². The number of amides is 1. The van der Waals surface area contributed by atoms with Gasteiger partial charge in [-0.15, -0.1) is 0 Å². The number of piperidine rings is 1. The summed E-state index contributed by atoms with van der Waals surface area (Å²) in [6.07, 6.45) is 6.71. The maximum absolute atomic E-state index is 12.5. The van der Waals surface area contributed by atoms with E-state index in [0.29, 0.717) is 11.5 Å². The van der Waals surface area contributed by atoms with Crippen LogP contribution in [0.2, 0.25) is 0 Å². The predicted molar refractivity (Wildman–Crippen MR) is 90.4 cm³/mol. The Morgan fingerprint density at radius 2 is 2.09 bits per heavy atom. The first-order chi connectivity index (χ1) is 11.1. The topological polar surface area (TPSA) is 65.5 Å². The fraction of sp³-hybridized carbons (Fsp3) is 0.667. The molecule has 2 fully saturated rings. The van der Waals surface area contributed by atoms with Crippen LogP contribution in [-0.2, 0) is 0 Å². The number of nitrogens with one attached hydrogen (secondary N) is 1. The van der Waals surface area contributed by atoms with Gasteiger partial charge in [0.15, 0.2) is 0 Å². The summed E-state index contributed by atoms with van der Waals surface area (Å²) in [5.74, 6) is 1.89. The van der Waals surface area contributed by atoms with E-state index in [1.54, 1.807) is 6.20 Å². The molecule has 0 unspecified atom stereocenters. The average Bonchev–Trinajstić information content (AvgIpc) is 2.99. The zero-order valence-corrected chi connectivity index (χ0v) is 13.9. The van der Waals surface area contributed by atoms with Crippen molar-refractivity contribution >= 4 is 11.7 Å². The van der Waals surface area contributed by atoms with E-state index >= 15 is 0 Å². The second-order valence-corrected chi connectivity index (χ2v) is 7.05. The predicted octanol–water partition coefficient (Wildman–Crippen LogP) is 2.53. The lowest BCUT2D eigenvalue weighted by Crippen LogP contribution is -2.37. The number of rotatable bonds is 4. The number of anilines is 1. The molecule has 2 aliphatic rings. The minimum absolute atomic E-state index is 0.0853. The summed E-state index contributed by atoms with van der Waals surface area (Å²) in [4.78, 5) is 18.7. The van der Waals surface area contributed by atoms with E-state index in [2.05, 4.69) is 17.2 Å². The molecule has 1 aromatic rings. The smallest absolute Gasteiger partial charge is 0.255 e. The molecule has 1 saturated heterocycles. The van der Waals surface area contributed by atoms with Gasteiger partial charge in [-0.05, 0) is 43.7 Å². The largest absolute Gasteiger partial charge is 0.393 e. The first-order valence-electron chi connectivity index (χ1n) is 8.81. The molecular weight excluding hydrogens is 290 g/mol. The second kappa shape index (κ2) is 7.30. The van der Waals surface area contributed by atoms with Crippen LogP contribution in [0.25, 0.3) is 0 Å². The highest BCUT2D eigenvalue weighted by Gasteiger charge is 2.25. The molecule has 23 heavy (non-hydrogen) atoms. The van der Waals surface area contributed by atoms with E-state index in [4.69, 9.17) is 0 Å². The number of aliphatic hydroxyl groups is 1. The van der Waals surface area contributed by atoms with Crippen molar-refractivity contribution in [2.45, 2.75) is 45.1 Å². The van der Waals surface area contributed by atoms with E-state index in [1.807, 2.05) is 17.0 Å². The highest BCUT2D eigenvalue weighted by Crippen LogP contribution is 2.25. The van der Waals surface area contributed by atoms with Gasteiger partial charge in [-0.2, -0.15) is 0 Å². The van der Waals surface area contributed by atoms with E-state index in [9.17, 15) is 9.90 Å². The lowest BCUT2D eigenvalue weighted by Gasteiger charge is -2.30.